The van der Waals surface area contributed by atoms with Crippen LogP contribution in [0.1, 0.15) is 0 Å². The molecule has 0 aliphatic carbocycles. The van der Waals surface area contributed by atoms with E-state index in [1.807, 2.05) is 24.3 Å². The number of carbonyl (C=O) groups is 1. The van der Waals surface area contributed by atoms with E-state index in [0.29, 0.717) is 23.9 Å². The molecule has 0 atom stereocenters. The fourth-order valence-corrected chi connectivity index (χ4v) is 2.86. The van der Waals surface area contributed by atoms with E-state index >= 15 is 0 Å². The maximum absolute atomic E-state index is 13.1. The Balaban J connectivity index is 1.50. The second-order valence-electron chi connectivity index (χ2n) is 5.59. The molecule has 1 heterocycles. The van der Waals surface area contributed by atoms with Gasteiger partial charge < -0.3 is 14.5 Å². The second kappa shape index (κ2) is 7.53. The van der Waals surface area contributed by atoms with Crippen LogP contribution in [-0.4, -0.2) is 43.6 Å². The molecule has 4 nitrogen and oxygen atoms in total. The summed E-state index contributed by atoms with van der Waals surface area (Å²) in [4.78, 5) is 16.2. The normalized spacial score (nSPS) is 14.6. The second-order valence-corrected chi connectivity index (χ2v) is 6.03. The number of anilines is 1. The lowest BCUT2D eigenvalue weighted by molar-refractivity contribution is -0.133. The van der Waals surface area contributed by atoms with E-state index in [2.05, 4.69) is 4.90 Å². The standard InChI is InChI=1S/C18H18ClFN2O2/c19-14-3-1-5-16(11-14)21-7-9-22(10-8-21)18(23)13-24-17-6-2-4-15(20)12-17/h1-6,11-12H,7-10,13H2. The van der Waals surface area contributed by atoms with E-state index in [1.54, 1.807) is 17.0 Å². The predicted molar refractivity (Wildman–Crippen MR) is 92.1 cm³/mol. The average Bonchev–Trinajstić information content (AvgIpc) is 2.60. The number of carbonyl (C=O) groups excluding carboxylic acids is 1. The lowest BCUT2D eigenvalue weighted by Crippen LogP contribution is -2.50. The Bertz CT molecular complexity index is 718. The number of hydrogen-bond acceptors (Lipinski definition) is 3. The molecule has 24 heavy (non-hydrogen) atoms. The van der Waals surface area contributed by atoms with E-state index < -0.39 is 0 Å². The van der Waals surface area contributed by atoms with Gasteiger partial charge in [-0.2, -0.15) is 0 Å². The first kappa shape index (κ1) is 16.6. The van der Waals surface area contributed by atoms with Crippen molar-refractivity contribution in [3.63, 3.8) is 0 Å². The number of amides is 1. The van der Waals surface area contributed by atoms with Gasteiger partial charge in [0.1, 0.15) is 11.6 Å². The summed E-state index contributed by atoms with van der Waals surface area (Å²) in [6.45, 7) is 2.65. The summed E-state index contributed by atoms with van der Waals surface area (Å²) in [5.74, 6) is -0.110. The van der Waals surface area contributed by atoms with E-state index in [9.17, 15) is 9.18 Å². The summed E-state index contributed by atoms with van der Waals surface area (Å²) >= 11 is 6.02. The van der Waals surface area contributed by atoms with Crippen LogP contribution in [0.4, 0.5) is 10.1 Å². The van der Waals surface area contributed by atoms with Gasteiger partial charge in [0.15, 0.2) is 6.61 Å². The zero-order valence-corrected chi connectivity index (χ0v) is 13.9. The van der Waals surface area contributed by atoms with Crippen LogP contribution in [0.15, 0.2) is 48.5 Å². The van der Waals surface area contributed by atoms with Crippen molar-refractivity contribution < 1.29 is 13.9 Å². The van der Waals surface area contributed by atoms with Crippen molar-refractivity contribution in [2.75, 3.05) is 37.7 Å². The summed E-state index contributed by atoms with van der Waals surface area (Å²) in [5, 5.41) is 0.703. The van der Waals surface area contributed by atoms with Gasteiger partial charge in [0, 0.05) is 43.0 Å². The van der Waals surface area contributed by atoms with Crippen LogP contribution >= 0.6 is 11.6 Å². The van der Waals surface area contributed by atoms with Crippen LogP contribution < -0.4 is 9.64 Å². The highest BCUT2D eigenvalue weighted by Gasteiger charge is 2.21. The third kappa shape index (κ3) is 4.17. The Kier molecular flexibility index (Phi) is 5.20. The van der Waals surface area contributed by atoms with E-state index in [1.165, 1.54) is 12.1 Å². The lowest BCUT2D eigenvalue weighted by atomic mass is 10.2. The van der Waals surface area contributed by atoms with Crippen molar-refractivity contribution in [2.45, 2.75) is 0 Å². The number of nitrogens with zero attached hydrogens (tertiary/aromatic N) is 2. The number of halogens is 2. The maximum atomic E-state index is 13.1. The number of ether oxygens (including phenoxy) is 1. The fourth-order valence-electron chi connectivity index (χ4n) is 2.68. The molecule has 0 saturated carbocycles. The van der Waals surface area contributed by atoms with Gasteiger partial charge in [0.25, 0.3) is 5.91 Å². The van der Waals surface area contributed by atoms with Crippen LogP contribution in [0.5, 0.6) is 5.75 Å². The van der Waals surface area contributed by atoms with Crippen molar-refractivity contribution in [1.29, 1.82) is 0 Å². The Morgan fingerprint density at radius 1 is 1.08 bits per heavy atom. The monoisotopic (exact) mass is 348 g/mol. The zero-order chi connectivity index (χ0) is 16.9. The molecular weight excluding hydrogens is 331 g/mol. The van der Waals surface area contributed by atoms with Crippen LogP contribution in [0.3, 0.4) is 0 Å². The first-order valence-electron chi connectivity index (χ1n) is 7.78. The molecule has 1 fully saturated rings. The Morgan fingerprint density at radius 3 is 2.54 bits per heavy atom. The molecule has 2 aromatic rings. The van der Waals surface area contributed by atoms with Crippen molar-refractivity contribution >= 4 is 23.2 Å². The molecule has 0 N–H and O–H groups in total. The predicted octanol–water partition coefficient (Wildman–Crippen LogP) is 3.21. The molecule has 0 unspecified atom stereocenters. The first-order chi connectivity index (χ1) is 11.6. The van der Waals surface area contributed by atoms with E-state index in [4.69, 9.17) is 16.3 Å². The summed E-state index contributed by atoms with van der Waals surface area (Å²) in [6.07, 6.45) is 0. The molecule has 6 heteroatoms. The first-order valence-corrected chi connectivity index (χ1v) is 8.16. The topological polar surface area (TPSA) is 32.8 Å². The maximum Gasteiger partial charge on any atom is 0.260 e. The van der Waals surface area contributed by atoms with Gasteiger partial charge in [-0.25, -0.2) is 4.39 Å². The minimum absolute atomic E-state index is 0.0827. The van der Waals surface area contributed by atoms with Crippen LogP contribution in [0.2, 0.25) is 5.02 Å². The van der Waals surface area contributed by atoms with Crippen LogP contribution in [0.25, 0.3) is 0 Å². The molecule has 1 aliphatic heterocycles. The highest BCUT2D eigenvalue weighted by atomic mass is 35.5. The van der Waals surface area contributed by atoms with Crippen LogP contribution in [-0.2, 0) is 4.79 Å². The molecule has 3 rings (SSSR count). The van der Waals surface area contributed by atoms with Gasteiger partial charge in [-0.1, -0.05) is 23.7 Å². The molecule has 0 radical (unpaired) electrons. The molecular formula is C18H18ClFN2O2. The van der Waals surface area contributed by atoms with Crippen molar-refractivity contribution in [3.05, 3.63) is 59.4 Å². The van der Waals surface area contributed by atoms with Gasteiger partial charge in [-0.05, 0) is 30.3 Å². The third-order valence-corrected chi connectivity index (χ3v) is 4.20. The van der Waals surface area contributed by atoms with Crippen molar-refractivity contribution in [1.82, 2.24) is 4.90 Å². The number of rotatable bonds is 4. The zero-order valence-electron chi connectivity index (χ0n) is 13.1. The van der Waals surface area contributed by atoms with Gasteiger partial charge in [0.05, 0.1) is 0 Å². The van der Waals surface area contributed by atoms with Gasteiger partial charge in [-0.15, -0.1) is 0 Å². The minimum Gasteiger partial charge on any atom is -0.484 e. The summed E-state index contributed by atoms with van der Waals surface area (Å²) in [6, 6.07) is 13.5. The van der Waals surface area contributed by atoms with Gasteiger partial charge in [-0.3, -0.25) is 4.79 Å². The van der Waals surface area contributed by atoms with E-state index in [-0.39, 0.29) is 18.3 Å². The van der Waals surface area contributed by atoms with Crippen molar-refractivity contribution in [2.24, 2.45) is 0 Å². The summed E-state index contributed by atoms with van der Waals surface area (Å²) < 4.78 is 18.5. The highest BCUT2D eigenvalue weighted by Crippen LogP contribution is 2.21. The molecule has 0 aromatic heterocycles. The lowest BCUT2D eigenvalue weighted by Gasteiger charge is -2.36. The molecule has 1 aliphatic rings. The van der Waals surface area contributed by atoms with Gasteiger partial charge in [0.2, 0.25) is 0 Å². The number of piperazine rings is 1. The number of hydrogen-bond donors (Lipinski definition) is 0. The number of benzene rings is 2. The van der Waals surface area contributed by atoms with Gasteiger partial charge >= 0.3 is 0 Å². The molecule has 126 valence electrons. The summed E-state index contributed by atoms with van der Waals surface area (Å²) in [5.41, 5.74) is 1.06. The largest absolute Gasteiger partial charge is 0.484 e. The molecule has 0 spiro atoms. The smallest absolute Gasteiger partial charge is 0.260 e. The van der Waals surface area contributed by atoms with E-state index in [0.717, 1.165) is 18.8 Å². The Hall–Kier alpha value is -2.27. The third-order valence-electron chi connectivity index (χ3n) is 3.96. The molecule has 1 saturated heterocycles. The Labute approximate surface area is 145 Å². The SMILES string of the molecule is O=C(COc1cccc(F)c1)N1CCN(c2cccc(Cl)c2)CC1. The van der Waals surface area contributed by atoms with Crippen molar-refractivity contribution in [3.8, 4) is 5.75 Å². The highest BCUT2D eigenvalue weighted by molar-refractivity contribution is 6.30. The summed E-state index contributed by atoms with van der Waals surface area (Å²) in [7, 11) is 0. The fraction of sp³-hybridized carbons (Fsp3) is 0.278. The molecule has 0 bridgehead atoms. The quantitative estimate of drug-likeness (QED) is 0.850. The Morgan fingerprint density at radius 2 is 1.83 bits per heavy atom. The average molecular weight is 349 g/mol. The molecule has 2 aromatic carbocycles. The van der Waals surface area contributed by atoms with Crippen LogP contribution in [0, 0.1) is 5.82 Å². The molecule has 1 amide bonds. The minimum atomic E-state index is -0.380.